The van der Waals surface area contributed by atoms with Crippen molar-refractivity contribution in [3.8, 4) is 0 Å². The summed E-state index contributed by atoms with van der Waals surface area (Å²) >= 11 is 0. The molecule has 0 spiro atoms. The molecule has 11 nitrogen and oxygen atoms in total. The van der Waals surface area contributed by atoms with E-state index >= 15 is 0 Å². The third kappa shape index (κ3) is 4.88. The van der Waals surface area contributed by atoms with Gasteiger partial charge in [-0.05, 0) is 84.5 Å². The van der Waals surface area contributed by atoms with Gasteiger partial charge in [-0.2, -0.15) is 5.01 Å². The summed E-state index contributed by atoms with van der Waals surface area (Å²) in [6, 6.07) is 19.6. The van der Waals surface area contributed by atoms with Gasteiger partial charge < -0.3 is 4.90 Å². The lowest BCUT2D eigenvalue weighted by Crippen LogP contribution is -2.47. The highest BCUT2D eigenvalue weighted by Gasteiger charge is 2.45. The number of amides is 2. The molecular weight excluding hydrogens is 538 g/mol. The Balaban J connectivity index is 1.46. The number of anilines is 3. The first-order valence-electron chi connectivity index (χ1n) is 13.5. The second kappa shape index (κ2) is 11.3. The van der Waals surface area contributed by atoms with Gasteiger partial charge in [-0.3, -0.25) is 25.0 Å². The molecule has 0 bridgehead atoms. The Morgan fingerprint density at radius 1 is 0.881 bits per heavy atom. The standard InChI is InChI=1S/C31H29N5O6/c1-19-27-29(33-36(30(27)37)25-12-7-21(8-13-25)18-42-40)35(24-10-5-20(6-11-24)17-41-39)31(38)28(19)32-23-9-14-26-22(16-23)4-3-15-34(26)2/h5-14,16,39-40H,3-4,15,17-18H2,1-2H3. The van der Waals surface area contributed by atoms with Gasteiger partial charge in [-0.15, -0.1) is 5.10 Å². The lowest BCUT2D eigenvalue weighted by molar-refractivity contribution is -0.253. The summed E-state index contributed by atoms with van der Waals surface area (Å²) < 4.78 is 0. The zero-order chi connectivity index (χ0) is 29.4. The number of benzene rings is 3. The second-order valence-electron chi connectivity index (χ2n) is 10.4. The third-order valence-corrected chi connectivity index (χ3v) is 7.66. The molecule has 0 aromatic heterocycles. The summed E-state index contributed by atoms with van der Waals surface area (Å²) in [4.78, 5) is 44.8. The van der Waals surface area contributed by atoms with Crippen molar-refractivity contribution in [1.29, 1.82) is 0 Å². The van der Waals surface area contributed by atoms with Crippen molar-refractivity contribution in [2.45, 2.75) is 33.0 Å². The van der Waals surface area contributed by atoms with Crippen LogP contribution in [0.1, 0.15) is 30.0 Å². The molecule has 2 N–H and O–H groups in total. The maximum absolute atomic E-state index is 14.1. The maximum atomic E-state index is 14.1. The van der Waals surface area contributed by atoms with E-state index in [2.05, 4.69) is 26.8 Å². The van der Waals surface area contributed by atoms with E-state index in [0.717, 1.165) is 30.6 Å². The fourth-order valence-corrected chi connectivity index (χ4v) is 5.50. The molecule has 0 radical (unpaired) electrons. The molecule has 3 aromatic carbocycles. The largest absolute Gasteiger partial charge is 0.374 e. The Labute approximate surface area is 242 Å². The Morgan fingerprint density at radius 2 is 1.52 bits per heavy atom. The van der Waals surface area contributed by atoms with E-state index in [1.54, 1.807) is 55.5 Å². The highest BCUT2D eigenvalue weighted by atomic mass is 17.1. The number of aryl methyl sites for hydroxylation is 1. The Morgan fingerprint density at radius 3 is 2.17 bits per heavy atom. The van der Waals surface area contributed by atoms with Crippen LogP contribution >= 0.6 is 0 Å². The molecule has 3 heterocycles. The molecule has 3 aliphatic rings. The number of nitrogens with zero attached hydrogens (tertiary/aromatic N) is 5. The van der Waals surface area contributed by atoms with E-state index in [4.69, 9.17) is 15.5 Å². The van der Waals surface area contributed by atoms with Crippen LogP contribution in [-0.4, -0.2) is 47.5 Å². The fraction of sp³-hybridized carbons (Fsp3) is 0.226. The molecule has 0 saturated heterocycles. The monoisotopic (exact) mass is 567 g/mol. The number of carbonyl (C=O) groups excluding carboxylic acids is 2. The van der Waals surface area contributed by atoms with E-state index in [1.165, 1.54) is 9.91 Å². The predicted octanol–water partition coefficient (Wildman–Crippen LogP) is 4.84. The highest BCUT2D eigenvalue weighted by molar-refractivity contribution is 6.61. The maximum Gasteiger partial charge on any atom is 0.283 e. The van der Waals surface area contributed by atoms with Gasteiger partial charge in [0.25, 0.3) is 11.8 Å². The van der Waals surface area contributed by atoms with Crippen LogP contribution in [0.25, 0.3) is 0 Å². The summed E-state index contributed by atoms with van der Waals surface area (Å²) in [7, 11) is 2.06. The molecule has 42 heavy (non-hydrogen) atoms. The Kier molecular flexibility index (Phi) is 7.40. The summed E-state index contributed by atoms with van der Waals surface area (Å²) in [6.45, 7) is 2.70. The minimum atomic E-state index is -0.416. The van der Waals surface area contributed by atoms with E-state index in [-0.39, 0.29) is 30.3 Å². The van der Waals surface area contributed by atoms with Crippen molar-refractivity contribution in [3.63, 3.8) is 0 Å². The number of hydrogen-bond acceptors (Lipinski definition) is 9. The molecule has 0 saturated carbocycles. The molecule has 6 rings (SSSR count). The number of carbonyl (C=O) groups is 2. The number of hydrogen-bond donors (Lipinski definition) is 2. The zero-order valence-corrected chi connectivity index (χ0v) is 23.1. The van der Waals surface area contributed by atoms with Gasteiger partial charge in [0, 0.05) is 19.3 Å². The lowest BCUT2D eigenvalue weighted by atomic mass is 9.96. The zero-order valence-electron chi connectivity index (χ0n) is 23.1. The SMILES string of the molecule is CC1=C2C(=O)N(c3ccc(COO)cc3)N=C2N(c2ccc(COO)cc2)C(=O)C1=Nc1ccc2c(c1)CCCN2C. The number of hydrazone groups is 1. The van der Waals surface area contributed by atoms with Gasteiger partial charge in [0.15, 0.2) is 5.84 Å². The molecule has 2 amide bonds. The fourth-order valence-electron chi connectivity index (χ4n) is 5.50. The minimum Gasteiger partial charge on any atom is -0.374 e. The van der Waals surface area contributed by atoms with Crippen molar-refractivity contribution in [2.24, 2.45) is 10.1 Å². The third-order valence-electron chi connectivity index (χ3n) is 7.66. The number of rotatable bonds is 7. The average molecular weight is 568 g/mol. The minimum absolute atomic E-state index is 0.00536. The number of amidine groups is 1. The van der Waals surface area contributed by atoms with Gasteiger partial charge in [0.2, 0.25) is 0 Å². The summed E-state index contributed by atoms with van der Waals surface area (Å²) in [5.41, 5.74) is 6.19. The lowest BCUT2D eigenvalue weighted by Gasteiger charge is -2.29. The van der Waals surface area contributed by atoms with E-state index < -0.39 is 11.8 Å². The number of fused-ring (bicyclic) bond motifs is 2. The highest BCUT2D eigenvalue weighted by Crippen LogP contribution is 2.35. The van der Waals surface area contributed by atoms with Crippen molar-refractivity contribution in [1.82, 2.24) is 0 Å². The van der Waals surface area contributed by atoms with E-state index in [1.807, 2.05) is 18.2 Å². The number of aliphatic imine (C=N–C) groups is 1. The molecule has 0 unspecified atom stereocenters. The van der Waals surface area contributed by atoms with Crippen LogP contribution < -0.4 is 14.8 Å². The molecule has 11 heteroatoms. The molecule has 214 valence electrons. The molecule has 0 fully saturated rings. The molecule has 0 atom stereocenters. The van der Waals surface area contributed by atoms with E-state index in [0.29, 0.717) is 33.8 Å². The molecule has 3 aliphatic heterocycles. The first-order chi connectivity index (χ1) is 20.4. The summed E-state index contributed by atoms with van der Waals surface area (Å²) in [5.74, 6) is -0.611. The van der Waals surface area contributed by atoms with Crippen LogP contribution in [0, 0.1) is 0 Å². The normalized spacial score (nSPS) is 17.7. The van der Waals surface area contributed by atoms with Crippen LogP contribution in [-0.2, 0) is 39.0 Å². The average Bonchev–Trinajstić information content (AvgIpc) is 3.33. The topological polar surface area (TPSA) is 128 Å². The van der Waals surface area contributed by atoms with Gasteiger partial charge in [-0.25, -0.2) is 14.8 Å². The summed E-state index contributed by atoms with van der Waals surface area (Å²) in [6.07, 6.45) is 1.96. The Hall–Kier alpha value is -4.68. The van der Waals surface area contributed by atoms with Crippen molar-refractivity contribution < 1.29 is 29.9 Å². The molecular formula is C31H29N5O6. The predicted molar refractivity (Wildman–Crippen MR) is 158 cm³/mol. The van der Waals surface area contributed by atoms with Gasteiger partial charge in [0.1, 0.15) is 18.9 Å². The van der Waals surface area contributed by atoms with Crippen LogP contribution in [0.3, 0.4) is 0 Å². The van der Waals surface area contributed by atoms with Crippen LogP contribution in [0.2, 0.25) is 0 Å². The van der Waals surface area contributed by atoms with Gasteiger partial charge >= 0.3 is 0 Å². The Bertz CT molecular complexity index is 1650. The summed E-state index contributed by atoms with van der Waals surface area (Å²) in [5, 5.41) is 23.5. The molecule has 0 aliphatic carbocycles. The van der Waals surface area contributed by atoms with Crippen molar-refractivity contribution >= 4 is 46.1 Å². The van der Waals surface area contributed by atoms with Crippen LogP contribution in [0.5, 0.6) is 0 Å². The van der Waals surface area contributed by atoms with Crippen molar-refractivity contribution in [3.05, 3.63) is 94.6 Å². The van der Waals surface area contributed by atoms with Crippen LogP contribution in [0.4, 0.5) is 22.7 Å². The second-order valence-corrected chi connectivity index (χ2v) is 10.4. The van der Waals surface area contributed by atoms with Gasteiger partial charge in [-0.1, -0.05) is 24.3 Å². The quantitative estimate of drug-likeness (QED) is 0.309. The van der Waals surface area contributed by atoms with Crippen LogP contribution in [0.15, 0.2) is 88.0 Å². The molecule has 3 aromatic rings. The first-order valence-corrected chi connectivity index (χ1v) is 13.5. The van der Waals surface area contributed by atoms with Crippen molar-refractivity contribution in [2.75, 3.05) is 28.4 Å². The first kappa shape index (κ1) is 27.5. The smallest absolute Gasteiger partial charge is 0.283 e. The van der Waals surface area contributed by atoms with E-state index in [9.17, 15) is 9.59 Å². The van der Waals surface area contributed by atoms with Gasteiger partial charge in [0.05, 0.1) is 22.6 Å².